The number of halogens is 2. The molecule has 7 nitrogen and oxygen atoms in total. The van der Waals surface area contributed by atoms with E-state index in [0.29, 0.717) is 28.1 Å². The third-order valence-corrected chi connectivity index (χ3v) is 4.30. The average molecular weight is 473 g/mol. The average Bonchev–Trinajstić information content (AvgIpc) is 2.62. The van der Waals surface area contributed by atoms with Crippen LogP contribution in [0.15, 0.2) is 40.9 Å². The van der Waals surface area contributed by atoms with Gasteiger partial charge in [0.1, 0.15) is 5.75 Å². The summed E-state index contributed by atoms with van der Waals surface area (Å²) in [5, 5.41) is 16.1. The summed E-state index contributed by atoms with van der Waals surface area (Å²) in [5.74, 6) is -0.0216. The van der Waals surface area contributed by atoms with Crippen LogP contribution in [0.5, 0.6) is 5.75 Å². The molecule has 0 heterocycles. The van der Waals surface area contributed by atoms with E-state index in [2.05, 4.69) is 26.6 Å². The number of hydrogen-bond acceptors (Lipinski definition) is 5. The van der Waals surface area contributed by atoms with Gasteiger partial charge < -0.3 is 10.1 Å². The zero-order chi connectivity index (χ0) is 20.0. The third-order valence-electron chi connectivity index (χ3n) is 3.29. The van der Waals surface area contributed by atoms with Crippen LogP contribution in [0, 0.1) is 10.1 Å². The van der Waals surface area contributed by atoms with Crippen LogP contribution in [0.4, 0.5) is 11.4 Å². The van der Waals surface area contributed by atoms with Gasteiger partial charge in [0.2, 0.25) is 0 Å². The number of rotatable bonds is 6. The Morgan fingerprint density at radius 2 is 2.07 bits per heavy atom. The molecule has 142 valence electrons. The Kier molecular flexibility index (Phi) is 7.52. The molecule has 10 heteroatoms. The number of nitrogens with one attached hydrogen (secondary N) is 2. The maximum absolute atomic E-state index is 12.5. The molecule has 2 N–H and O–H groups in total. The fourth-order valence-corrected chi connectivity index (χ4v) is 2.85. The second-order valence-electron chi connectivity index (χ2n) is 5.32. The number of nitro benzene ring substituents is 1. The lowest BCUT2D eigenvalue weighted by atomic mass is 10.2. The Labute approximate surface area is 174 Å². The van der Waals surface area contributed by atoms with E-state index in [0.717, 1.165) is 6.42 Å². The summed E-state index contributed by atoms with van der Waals surface area (Å²) in [6, 6.07) is 8.98. The summed E-state index contributed by atoms with van der Waals surface area (Å²) >= 11 is 14.5. The second-order valence-corrected chi connectivity index (χ2v) is 7.05. The molecule has 0 aliphatic carbocycles. The number of non-ortho nitro benzene ring substituents is 1. The van der Waals surface area contributed by atoms with E-state index in [9.17, 15) is 14.9 Å². The SMILES string of the molecule is CCCOc1ccc(Br)cc1C(=O)NC(=S)Nc1ccc([N+](=O)[O-])cc1Cl. The normalized spacial score (nSPS) is 10.2. The lowest BCUT2D eigenvalue weighted by Crippen LogP contribution is -2.34. The predicted molar refractivity (Wildman–Crippen MR) is 112 cm³/mol. The first-order valence-electron chi connectivity index (χ1n) is 7.80. The van der Waals surface area contributed by atoms with Gasteiger partial charge >= 0.3 is 0 Å². The minimum atomic E-state index is -0.555. The number of thiocarbonyl (C=S) groups is 1. The van der Waals surface area contributed by atoms with Crippen LogP contribution in [0.3, 0.4) is 0 Å². The summed E-state index contributed by atoms with van der Waals surface area (Å²) in [5.41, 5.74) is 0.508. The molecule has 0 unspecified atom stereocenters. The topological polar surface area (TPSA) is 93.5 Å². The number of hydrogen-bond donors (Lipinski definition) is 2. The highest BCUT2D eigenvalue weighted by molar-refractivity contribution is 9.10. The molecule has 0 aliphatic heterocycles. The van der Waals surface area contributed by atoms with Crippen LogP contribution < -0.4 is 15.4 Å². The molecule has 0 atom stereocenters. The Morgan fingerprint density at radius 3 is 2.70 bits per heavy atom. The molecular formula is C17H15BrClN3O4S. The first-order valence-corrected chi connectivity index (χ1v) is 9.38. The summed E-state index contributed by atoms with van der Waals surface area (Å²) in [6.45, 7) is 2.44. The van der Waals surface area contributed by atoms with Gasteiger partial charge in [-0.05, 0) is 42.9 Å². The number of anilines is 1. The van der Waals surface area contributed by atoms with Crippen LogP contribution in [0.1, 0.15) is 23.7 Å². The molecule has 0 radical (unpaired) electrons. The molecule has 0 bridgehead atoms. The quantitative estimate of drug-likeness (QED) is 0.352. The molecule has 2 aromatic rings. The lowest BCUT2D eigenvalue weighted by Gasteiger charge is -2.13. The number of carbonyl (C=O) groups excluding carboxylic acids is 1. The van der Waals surface area contributed by atoms with Crippen molar-refractivity contribution in [1.29, 1.82) is 0 Å². The summed E-state index contributed by atoms with van der Waals surface area (Å²) in [4.78, 5) is 22.7. The second kappa shape index (κ2) is 9.63. The summed E-state index contributed by atoms with van der Waals surface area (Å²) in [6.07, 6.45) is 0.801. The minimum absolute atomic E-state index is 0.00262. The van der Waals surface area contributed by atoms with E-state index in [1.54, 1.807) is 18.2 Å². The molecule has 0 saturated carbocycles. The largest absolute Gasteiger partial charge is 0.493 e. The Balaban J connectivity index is 2.11. The Morgan fingerprint density at radius 1 is 1.33 bits per heavy atom. The predicted octanol–water partition coefficient (Wildman–Crippen LogP) is 4.93. The molecule has 0 saturated heterocycles. The fourth-order valence-electron chi connectivity index (χ4n) is 2.06. The molecule has 1 amide bonds. The number of nitrogens with zero attached hydrogens (tertiary/aromatic N) is 1. The van der Waals surface area contributed by atoms with Gasteiger partial charge in [-0.2, -0.15) is 0 Å². The zero-order valence-corrected chi connectivity index (χ0v) is 17.3. The summed E-state index contributed by atoms with van der Waals surface area (Å²) in [7, 11) is 0. The maximum atomic E-state index is 12.5. The van der Waals surface area contributed by atoms with Crippen molar-refractivity contribution >= 4 is 62.1 Å². The standard InChI is InChI=1S/C17H15BrClN3O4S/c1-2-7-26-15-6-3-10(18)8-12(15)16(23)21-17(27)20-14-5-4-11(22(24)25)9-13(14)19/h3-6,8-9H,2,7H2,1H3,(H2,20,21,23,27). The first kappa shape index (κ1) is 21.1. The van der Waals surface area contributed by atoms with E-state index in [1.807, 2.05) is 6.92 Å². The van der Waals surface area contributed by atoms with Gasteiger partial charge in [0.15, 0.2) is 5.11 Å². The van der Waals surface area contributed by atoms with E-state index >= 15 is 0 Å². The van der Waals surface area contributed by atoms with Crippen LogP contribution in [0.2, 0.25) is 5.02 Å². The molecule has 0 fully saturated rings. The van der Waals surface area contributed by atoms with Crippen molar-refractivity contribution in [2.24, 2.45) is 0 Å². The molecule has 27 heavy (non-hydrogen) atoms. The highest BCUT2D eigenvalue weighted by atomic mass is 79.9. The maximum Gasteiger partial charge on any atom is 0.271 e. The van der Waals surface area contributed by atoms with Crippen molar-refractivity contribution in [2.45, 2.75) is 13.3 Å². The molecule has 2 aromatic carbocycles. The van der Waals surface area contributed by atoms with Gasteiger partial charge in [0.25, 0.3) is 11.6 Å². The molecule has 0 spiro atoms. The van der Waals surface area contributed by atoms with E-state index in [4.69, 9.17) is 28.6 Å². The van der Waals surface area contributed by atoms with Crippen molar-refractivity contribution < 1.29 is 14.5 Å². The van der Waals surface area contributed by atoms with Gasteiger partial charge in [-0.15, -0.1) is 0 Å². The number of carbonyl (C=O) groups is 1. The van der Waals surface area contributed by atoms with Gasteiger partial charge in [-0.3, -0.25) is 20.2 Å². The van der Waals surface area contributed by atoms with Gasteiger partial charge in [-0.1, -0.05) is 34.5 Å². The number of nitro groups is 1. The van der Waals surface area contributed by atoms with Crippen LogP contribution in [-0.2, 0) is 0 Å². The highest BCUT2D eigenvalue weighted by Crippen LogP contribution is 2.27. The fraction of sp³-hybridized carbons (Fsp3) is 0.176. The van der Waals surface area contributed by atoms with Crippen molar-refractivity contribution in [3.05, 3.63) is 61.6 Å². The number of ether oxygens (including phenoxy) is 1. The number of benzene rings is 2. The molecular weight excluding hydrogens is 458 g/mol. The Bertz CT molecular complexity index is 894. The molecule has 0 aliphatic rings. The third kappa shape index (κ3) is 5.88. The van der Waals surface area contributed by atoms with Crippen LogP contribution in [-0.4, -0.2) is 22.5 Å². The van der Waals surface area contributed by atoms with Crippen LogP contribution >= 0.6 is 39.7 Å². The van der Waals surface area contributed by atoms with Crippen molar-refractivity contribution in [3.63, 3.8) is 0 Å². The van der Waals surface area contributed by atoms with Crippen molar-refractivity contribution in [3.8, 4) is 5.75 Å². The highest BCUT2D eigenvalue weighted by Gasteiger charge is 2.16. The van der Waals surface area contributed by atoms with E-state index < -0.39 is 10.8 Å². The zero-order valence-electron chi connectivity index (χ0n) is 14.1. The minimum Gasteiger partial charge on any atom is -0.493 e. The molecule has 0 aromatic heterocycles. The summed E-state index contributed by atoms with van der Waals surface area (Å²) < 4.78 is 6.30. The first-order chi connectivity index (χ1) is 12.8. The van der Waals surface area contributed by atoms with Crippen LogP contribution in [0.25, 0.3) is 0 Å². The van der Waals surface area contributed by atoms with Crippen molar-refractivity contribution in [1.82, 2.24) is 5.32 Å². The van der Waals surface area contributed by atoms with Crippen molar-refractivity contribution in [2.75, 3.05) is 11.9 Å². The number of amides is 1. The smallest absolute Gasteiger partial charge is 0.271 e. The van der Waals surface area contributed by atoms with Gasteiger partial charge in [0, 0.05) is 16.6 Å². The van der Waals surface area contributed by atoms with Gasteiger partial charge in [-0.25, -0.2) is 0 Å². The monoisotopic (exact) mass is 471 g/mol. The lowest BCUT2D eigenvalue weighted by molar-refractivity contribution is -0.384. The van der Waals surface area contributed by atoms with E-state index in [1.165, 1.54) is 18.2 Å². The Hall–Kier alpha value is -2.23. The van der Waals surface area contributed by atoms with Gasteiger partial charge in [0.05, 0.1) is 27.8 Å². The van der Waals surface area contributed by atoms with E-state index in [-0.39, 0.29) is 15.8 Å². The molecule has 2 rings (SSSR count).